The number of aromatic nitrogens is 1. The molecule has 1 aromatic heterocycles. The van der Waals surface area contributed by atoms with Gasteiger partial charge >= 0.3 is 6.18 Å². The van der Waals surface area contributed by atoms with Crippen LogP contribution in [0.5, 0.6) is 0 Å². The van der Waals surface area contributed by atoms with Gasteiger partial charge in [0.15, 0.2) is 0 Å². The Labute approximate surface area is 144 Å². The summed E-state index contributed by atoms with van der Waals surface area (Å²) in [6.07, 6.45) is -3.29. The number of fused-ring (bicyclic) bond motifs is 1. The second-order valence-corrected chi connectivity index (χ2v) is 6.09. The molecule has 0 aliphatic carbocycles. The molecule has 0 aliphatic heterocycles. The van der Waals surface area contributed by atoms with Crippen molar-refractivity contribution < 1.29 is 18.3 Å². The predicted molar refractivity (Wildman–Crippen MR) is 92.3 cm³/mol. The zero-order valence-corrected chi connectivity index (χ0v) is 13.8. The van der Waals surface area contributed by atoms with Crippen LogP contribution in [0.25, 0.3) is 22.2 Å². The number of aliphatic hydroxyl groups excluding tert-OH is 1. The van der Waals surface area contributed by atoms with Gasteiger partial charge in [0.2, 0.25) is 0 Å². The van der Waals surface area contributed by atoms with Crippen molar-refractivity contribution in [2.24, 2.45) is 0 Å². The van der Waals surface area contributed by atoms with Crippen LogP contribution in [0.1, 0.15) is 23.1 Å². The average Bonchev–Trinajstić information content (AvgIpc) is 2.58. The van der Waals surface area contributed by atoms with E-state index in [1.807, 2.05) is 31.2 Å². The maximum absolute atomic E-state index is 12.9. The van der Waals surface area contributed by atoms with Crippen LogP contribution >= 0.6 is 0 Å². The van der Waals surface area contributed by atoms with Crippen LogP contribution in [0.4, 0.5) is 13.2 Å². The summed E-state index contributed by atoms with van der Waals surface area (Å²) in [6.45, 7) is 2.01. The number of benzene rings is 2. The average molecular weight is 345 g/mol. The highest BCUT2D eigenvalue weighted by atomic mass is 19.4. The molecule has 130 valence electrons. The van der Waals surface area contributed by atoms with Gasteiger partial charge < -0.3 is 5.11 Å². The third-order valence-electron chi connectivity index (χ3n) is 4.15. The molecule has 2 aromatic carbocycles. The maximum Gasteiger partial charge on any atom is 0.416 e. The van der Waals surface area contributed by atoms with E-state index in [1.54, 1.807) is 6.07 Å². The Balaban J connectivity index is 2.16. The summed E-state index contributed by atoms with van der Waals surface area (Å²) in [5, 5.41) is 9.58. The lowest BCUT2D eigenvalue weighted by Crippen LogP contribution is -2.05. The smallest absolute Gasteiger partial charge is 0.396 e. The standard InChI is InChI=1S/C20H18F3NO/c1-13-4-6-14(7-5-13)19-15(3-2-10-25)11-16-12-17(20(21,22)23)8-9-18(16)24-19/h4-9,11-12,25H,2-3,10H2,1H3. The molecule has 3 rings (SSSR count). The zero-order valence-electron chi connectivity index (χ0n) is 13.8. The van der Waals surface area contributed by atoms with Gasteiger partial charge in [0.05, 0.1) is 16.8 Å². The van der Waals surface area contributed by atoms with Crippen molar-refractivity contribution in [3.8, 4) is 11.3 Å². The molecule has 0 unspecified atom stereocenters. The molecule has 3 aromatic rings. The number of alkyl halides is 3. The monoisotopic (exact) mass is 345 g/mol. The molecular formula is C20H18F3NO. The highest BCUT2D eigenvalue weighted by molar-refractivity contribution is 5.84. The van der Waals surface area contributed by atoms with Crippen molar-refractivity contribution >= 4 is 10.9 Å². The van der Waals surface area contributed by atoms with Gasteiger partial charge in [-0.1, -0.05) is 29.8 Å². The summed E-state index contributed by atoms with van der Waals surface area (Å²) in [4.78, 5) is 4.60. The summed E-state index contributed by atoms with van der Waals surface area (Å²) in [6, 6.07) is 13.2. The highest BCUT2D eigenvalue weighted by Crippen LogP contribution is 2.33. The number of aliphatic hydroxyl groups is 1. The number of hydrogen-bond acceptors (Lipinski definition) is 2. The Morgan fingerprint density at radius 3 is 2.36 bits per heavy atom. The summed E-state index contributed by atoms with van der Waals surface area (Å²) in [7, 11) is 0. The van der Waals surface area contributed by atoms with Gasteiger partial charge in [0.25, 0.3) is 0 Å². The molecular weight excluding hydrogens is 327 g/mol. The first kappa shape index (κ1) is 17.4. The second kappa shape index (κ2) is 6.84. The van der Waals surface area contributed by atoms with E-state index in [0.29, 0.717) is 23.7 Å². The van der Waals surface area contributed by atoms with Crippen LogP contribution < -0.4 is 0 Å². The third-order valence-corrected chi connectivity index (χ3v) is 4.15. The Bertz CT molecular complexity index is 886. The lowest BCUT2D eigenvalue weighted by atomic mass is 9.98. The van der Waals surface area contributed by atoms with E-state index < -0.39 is 11.7 Å². The Hall–Kier alpha value is -2.40. The summed E-state index contributed by atoms with van der Waals surface area (Å²) in [5.74, 6) is 0. The quantitative estimate of drug-likeness (QED) is 0.709. The van der Waals surface area contributed by atoms with Crippen LogP contribution in [-0.4, -0.2) is 16.7 Å². The van der Waals surface area contributed by atoms with Gasteiger partial charge in [-0.05, 0) is 49.6 Å². The molecule has 0 atom stereocenters. The van der Waals surface area contributed by atoms with Crippen LogP contribution in [-0.2, 0) is 12.6 Å². The molecule has 5 heteroatoms. The first-order chi connectivity index (χ1) is 11.9. The van der Waals surface area contributed by atoms with E-state index in [-0.39, 0.29) is 6.61 Å². The number of hydrogen-bond donors (Lipinski definition) is 1. The summed E-state index contributed by atoms with van der Waals surface area (Å²) >= 11 is 0. The van der Waals surface area contributed by atoms with Crippen molar-refractivity contribution in [2.75, 3.05) is 6.61 Å². The van der Waals surface area contributed by atoms with E-state index in [0.717, 1.165) is 34.5 Å². The van der Waals surface area contributed by atoms with Crippen LogP contribution in [0.2, 0.25) is 0 Å². The molecule has 0 aliphatic rings. The van der Waals surface area contributed by atoms with Crippen molar-refractivity contribution in [1.82, 2.24) is 4.98 Å². The first-order valence-electron chi connectivity index (χ1n) is 8.07. The summed E-state index contributed by atoms with van der Waals surface area (Å²) < 4.78 is 38.8. The van der Waals surface area contributed by atoms with E-state index in [9.17, 15) is 13.2 Å². The predicted octanol–water partition coefficient (Wildman–Crippen LogP) is 5.15. The molecule has 0 fully saturated rings. The van der Waals surface area contributed by atoms with Gasteiger partial charge in [-0.15, -0.1) is 0 Å². The lowest BCUT2D eigenvalue weighted by molar-refractivity contribution is -0.137. The van der Waals surface area contributed by atoms with E-state index in [2.05, 4.69) is 4.98 Å². The molecule has 1 N–H and O–H groups in total. The fourth-order valence-electron chi connectivity index (χ4n) is 2.82. The molecule has 0 radical (unpaired) electrons. The molecule has 0 bridgehead atoms. The Kier molecular flexibility index (Phi) is 4.77. The maximum atomic E-state index is 12.9. The van der Waals surface area contributed by atoms with Crippen LogP contribution in [0, 0.1) is 6.92 Å². The molecule has 2 nitrogen and oxygen atoms in total. The van der Waals surface area contributed by atoms with Crippen LogP contribution in [0.3, 0.4) is 0 Å². The van der Waals surface area contributed by atoms with E-state index >= 15 is 0 Å². The lowest BCUT2D eigenvalue weighted by Gasteiger charge is -2.13. The zero-order chi connectivity index (χ0) is 18.0. The van der Waals surface area contributed by atoms with Gasteiger partial charge in [0.1, 0.15) is 0 Å². The molecule has 1 heterocycles. The number of aryl methyl sites for hydroxylation is 2. The normalized spacial score (nSPS) is 11.9. The van der Waals surface area contributed by atoms with Gasteiger partial charge in [-0.3, -0.25) is 0 Å². The summed E-state index contributed by atoms with van der Waals surface area (Å²) in [5.41, 5.74) is 3.47. The number of nitrogens with zero attached hydrogens (tertiary/aromatic N) is 1. The number of rotatable bonds is 4. The molecule has 0 saturated heterocycles. The largest absolute Gasteiger partial charge is 0.416 e. The van der Waals surface area contributed by atoms with Gasteiger partial charge in [-0.25, -0.2) is 4.98 Å². The SMILES string of the molecule is Cc1ccc(-c2nc3ccc(C(F)(F)F)cc3cc2CCCO)cc1. The fourth-order valence-corrected chi connectivity index (χ4v) is 2.82. The van der Waals surface area contributed by atoms with E-state index in [1.165, 1.54) is 6.07 Å². The highest BCUT2D eigenvalue weighted by Gasteiger charge is 2.30. The molecule has 25 heavy (non-hydrogen) atoms. The minimum absolute atomic E-state index is 0.0218. The van der Waals surface area contributed by atoms with Crippen molar-refractivity contribution in [3.05, 3.63) is 65.2 Å². The Morgan fingerprint density at radius 2 is 1.72 bits per heavy atom. The van der Waals surface area contributed by atoms with E-state index in [4.69, 9.17) is 5.11 Å². The van der Waals surface area contributed by atoms with Crippen molar-refractivity contribution in [2.45, 2.75) is 25.9 Å². The number of pyridine rings is 1. The molecule has 0 amide bonds. The minimum atomic E-state index is -4.38. The molecule has 0 saturated carbocycles. The van der Waals surface area contributed by atoms with Gasteiger partial charge in [-0.2, -0.15) is 13.2 Å². The third kappa shape index (κ3) is 3.82. The number of halogens is 3. The first-order valence-corrected chi connectivity index (χ1v) is 8.07. The fraction of sp³-hybridized carbons (Fsp3) is 0.250. The minimum Gasteiger partial charge on any atom is -0.396 e. The van der Waals surface area contributed by atoms with Crippen molar-refractivity contribution in [1.29, 1.82) is 0 Å². The second-order valence-electron chi connectivity index (χ2n) is 6.09. The Morgan fingerprint density at radius 1 is 1.00 bits per heavy atom. The topological polar surface area (TPSA) is 33.1 Å². The van der Waals surface area contributed by atoms with Crippen molar-refractivity contribution in [3.63, 3.8) is 0 Å². The van der Waals surface area contributed by atoms with Crippen LogP contribution in [0.15, 0.2) is 48.5 Å². The van der Waals surface area contributed by atoms with Gasteiger partial charge in [0, 0.05) is 17.6 Å². The molecule has 0 spiro atoms.